The van der Waals surface area contributed by atoms with E-state index >= 15 is 0 Å². The molecule has 2 amide bonds. The summed E-state index contributed by atoms with van der Waals surface area (Å²) in [6.45, 7) is 3.15. The molecule has 0 aromatic carbocycles. The highest BCUT2D eigenvalue weighted by Crippen LogP contribution is 1.92. The number of nitrogens with zero attached hydrogens (tertiary/aromatic N) is 1. The van der Waals surface area contributed by atoms with Crippen LogP contribution in [0.25, 0.3) is 0 Å². The normalized spacial score (nSPS) is 9.50. The summed E-state index contributed by atoms with van der Waals surface area (Å²) >= 11 is 0. The van der Waals surface area contributed by atoms with Crippen LogP contribution >= 0.6 is 0 Å². The molecule has 76 valence electrons. The Hall–Kier alpha value is -1.58. The van der Waals surface area contributed by atoms with Gasteiger partial charge in [-0.1, -0.05) is 6.07 Å². The van der Waals surface area contributed by atoms with Gasteiger partial charge >= 0.3 is 6.03 Å². The van der Waals surface area contributed by atoms with E-state index in [1.165, 1.54) is 0 Å². The molecule has 0 bridgehead atoms. The first-order valence-electron chi connectivity index (χ1n) is 4.74. The molecule has 0 spiro atoms. The molecule has 2 N–H and O–H groups in total. The van der Waals surface area contributed by atoms with Gasteiger partial charge in [-0.25, -0.2) is 4.79 Å². The largest absolute Gasteiger partial charge is 0.338 e. The van der Waals surface area contributed by atoms with E-state index in [0.717, 1.165) is 12.1 Å². The van der Waals surface area contributed by atoms with Crippen LogP contribution in [-0.4, -0.2) is 24.1 Å². The van der Waals surface area contributed by atoms with E-state index in [-0.39, 0.29) is 6.03 Å². The van der Waals surface area contributed by atoms with Crippen LogP contribution in [0, 0.1) is 0 Å². The Bertz CT molecular complexity index is 274. The van der Waals surface area contributed by atoms with E-state index in [1.54, 1.807) is 6.20 Å². The van der Waals surface area contributed by atoms with Crippen LogP contribution in [0.4, 0.5) is 4.79 Å². The number of urea groups is 1. The van der Waals surface area contributed by atoms with Gasteiger partial charge in [-0.2, -0.15) is 0 Å². The van der Waals surface area contributed by atoms with E-state index in [4.69, 9.17) is 0 Å². The van der Waals surface area contributed by atoms with Gasteiger partial charge in [0.2, 0.25) is 0 Å². The molecular formula is C10H15N3O. The predicted octanol–water partition coefficient (Wildman–Crippen LogP) is 0.943. The van der Waals surface area contributed by atoms with Crippen molar-refractivity contribution in [3.63, 3.8) is 0 Å². The predicted molar refractivity (Wildman–Crippen MR) is 55.0 cm³/mol. The lowest BCUT2D eigenvalue weighted by molar-refractivity contribution is 0.241. The molecule has 0 atom stereocenters. The smallest absolute Gasteiger partial charge is 0.314 e. The van der Waals surface area contributed by atoms with E-state index in [0.29, 0.717) is 13.1 Å². The highest BCUT2D eigenvalue weighted by atomic mass is 16.2. The maximum Gasteiger partial charge on any atom is 0.314 e. The highest BCUT2D eigenvalue weighted by Gasteiger charge is 1.97. The van der Waals surface area contributed by atoms with Crippen molar-refractivity contribution in [3.8, 4) is 0 Å². The zero-order valence-corrected chi connectivity index (χ0v) is 8.29. The van der Waals surface area contributed by atoms with Crippen LogP contribution in [-0.2, 0) is 6.42 Å². The number of amides is 2. The molecule has 0 aliphatic rings. The molecule has 0 saturated carbocycles. The second kappa shape index (κ2) is 5.96. The van der Waals surface area contributed by atoms with Gasteiger partial charge in [0.15, 0.2) is 0 Å². The Morgan fingerprint density at radius 1 is 1.43 bits per heavy atom. The first-order valence-corrected chi connectivity index (χ1v) is 4.74. The van der Waals surface area contributed by atoms with Gasteiger partial charge in [0.05, 0.1) is 0 Å². The summed E-state index contributed by atoms with van der Waals surface area (Å²) in [6, 6.07) is 5.64. The van der Waals surface area contributed by atoms with Crippen LogP contribution in [0.3, 0.4) is 0 Å². The molecule has 0 aliphatic carbocycles. The number of hydrogen-bond donors (Lipinski definition) is 2. The zero-order valence-electron chi connectivity index (χ0n) is 8.29. The van der Waals surface area contributed by atoms with Gasteiger partial charge in [0, 0.05) is 31.4 Å². The summed E-state index contributed by atoms with van der Waals surface area (Å²) in [7, 11) is 0. The monoisotopic (exact) mass is 193 g/mol. The topological polar surface area (TPSA) is 54.0 Å². The highest BCUT2D eigenvalue weighted by molar-refractivity contribution is 5.73. The minimum atomic E-state index is -0.122. The lowest BCUT2D eigenvalue weighted by atomic mass is 10.3. The van der Waals surface area contributed by atoms with Crippen molar-refractivity contribution in [2.24, 2.45) is 0 Å². The number of rotatable bonds is 4. The molecule has 4 heteroatoms. The zero-order chi connectivity index (χ0) is 10.2. The molecule has 0 unspecified atom stereocenters. The van der Waals surface area contributed by atoms with Gasteiger partial charge < -0.3 is 10.6 Å². The first-order chi connectivity index (χ1) is 6.83. The number of pyridine rings is 1. The van der Waals surface area contributed by atoms with Crippen molar-refractivity contribution >= 4 is 6.03 Å². The fourth-order valence-corrected chi connectivity index (χ4v) is 1.07. The molecule has 1 heterocycles. The lowest BCUT2D eigenvalue weighted by Gasteiger charge is -2.04. The average Bonchev–Trinajstić information content (AvgIpc) is 2.20. The molecule has 0 fully saturated rings. The first kappa shape index (κ1) is 10.5. The fraction of sp³-hybridized carbons (Fsp3) is 0.400. The summed E-state index contributed by atoms with van der Waals surface area (Å²) in [5.41, 5.74) is 0.990. The minimum absolute atomic E-state index is 0.122. The second-order valence-electron chi connectivity index (χ2n) is 2.86. The number of aromatic nitrogens is 1. The number of carbonyl (C=O) groups is 1. The summed E-state index contributed by atoms with van der Waals surface area (Å²) in [5, 5.41) is 5.40. The van der Waals surface area contributed by atoms with Crippen molar-refractivity contribution in [2.45, 2.75) is 13.3 Å². The van der Waals surface area contributed by atoms with E-state index in [9.17, 15) is 4.79 Å². The molecular weight excluding hydrogens is 178 g/mol. The van der Waals surface area contributed by atoms with Gasteiger partial charge in [-0.15, -0.1) is 0 Å². The molecule has 0 radical (unpaired) electrons. The SMILES string of the molecule is CCNC(=O)NCCc1ccccn1. The number of hydrogen-bond acceptors (Lipinski definition) is 2. The number of carbonyl (C=O) groups excluding carboxylic acids is 1. The summed E-state index contributed by atoms with van der Waals surface area (Å²) in [4.78, 5) is 15.1. The molecule has 14 heavy (non-hydrogen) atoms. The summed E-state index contributed by atoms with van der Waals surface area (Å²) < 4.78 is 0. The van der Waals surface area contributed by atoms with Crippen LogP contribution in [0.1, 0.15) is 12.6 Å². The van der Waals surface area contributed by atoms with Crippen molar-refractivity contribution in [2.75, 3.05) is 13.1 Å². The van der Waals surface area contributed by atoms with Crippen LogP contribution in [0.5, 0.6) is 0 Å². The molecule has 1 rings (SSSR count). The quantitative estimate of drug-likeness (QED) is 0.747. The van der Waals surface area contributed by atoms with Gasteiger partial charge in [0.25, 0.3) is 0 Å². The van der Waals surface area contributed by atoms with Crippen LogP contribution < -0.4 is 10.6 Å². The maximum atomic E-state index is 11.0. The van der Waals surface area contributed by atoms with Crippen molar-refractivity contribution in [3.05, 3.63) is 30.1 Å². The van der Waals surface area contributed by atoms with Gasteiger partial charge in [-0.05, 0) is 19.1 Å². The van der Waals surface area contributed by atoms with Gasteiger partial charge in [-0.3, -0.25) is 4.98 Å². The van der Waals surface area contributed by atoms with E-state index in [1.807, 2.05) is 25.1 Å². The Morgan fingerprint density at radius 2 is 2.29 bits per heavy atom. The minimum Gasteiger partial charge on any atom is -0.338 e. The summed E-state index contributed by atoms with van der Waals surface area (Å²) in [5.74, 6) is 0. The Kier molecular flexibility index (Phi) is 4.47. The average molecular weight is 193 g/mol. The lowest BCUT2D eigenvalue weighted by Crippen LogP contribution is -2.36. The third-order valence-corrected chi connectivity index (χ3v) is 1.73. The fourth-order valence-electron chi connectivity index (χ4n) is 1.07. The van der Waals surface area contributed by atoms with Crippen LogP contribution in [0.2, 0.25) is 0 Å². The molecule has 0 aliphatic heterocycles. The van der Waals surface area contributed by atoms with Crippen molar-refractivity contribution < 1.29 is 4.79 Å². The second-order valence-corrected chi connectivity index (χ2v) is 2.86. The molecule has 4 nitrogen and oxygen atoms in total. The van der Waals surface area contributed by atoms with Crippen molar-refractivity contribution in [1.29, 1.82) is 0 Å². The van der Waals surface area contributed by atoms with Gasteiger partial charge in [0.1, 0.15) is 0 Å². The molecule has 1 aromatic heterocycles. The standard InChI is InChI=1S/C10H15N3O/c1-2-11-10(14)13-8-6-9-5-3-4-7-12-9/h3-5,7H,2,6,8H2,1H3,(H2,11,13,14). The Balaban J connectivity index is 2.19. The van der Waals surface area contributed by atoms with Crippen molar-refractivity contribution in [1.82, 2.24) is 15.6 Å². The van der Waals surface area contributed by atoms with Crippen LogP contribution in [0.15, 0.2) is 24.4 Å². The molecule has 1 aromatic rings. The third kappa shape index (κ3) is 3.89. The summed E-state index contributed by atoms with van der Waals surface area (Å²) in [6.07, 6.45) is 2.51. The van der Waals surface area contributed by atoms with E-state index < -0.39 is 0 Å². The Morgan fingerprint density at radius 3 is 2.93 bits per heavy atom. The number of nitrogens with one attached hydrogen (secondary N) is 2. The van der Waals surface area contributed by atoms with E-state index in [2.05, 4.69) is 15.6 Å². The Labute approximate surface area is 83.7 Å². The third-order valence-electron chi connectivity index (χ3n) is 1.73. The maximum absolute atomic E-state index is 11.0. The molecule has 0 saturated heterocycles.